The Morgan fingerprint density at radius 2 is 2.12 bits per heavy atom. The Balaban J connectivity index is 1.72. The number of fused-ring (bicyclic) bond motifs is 1. The third kappa shape index (κ3) is 3.51. The summed E-state index contributed by atoms with van der Waals surface area (Å²) in [5.74, 6) is -1.67. The fourth-order valence-corrected chi connectivity index (χ4v) is 8.08. The van der Waals surface area contributed by atoms with Crippen LogP contribution in [0.15, 0.2) is 18.2 Å². The van der Waals surface area contributed by atoms with E-state index in [1.54, 1.807) is 24.8 Å². The number of hydrogen-bond acceptors (Lipinski definition) is 5. The molecule has 2 bridgehead atoms. The Kier molecular flexibility index (Phi) is 6.49. The number of nitrogens with one attached hydrogen (secondary N) is 2. The number of likely N-dealkylation sites (tertiary alicyclic amines) is 1. The van der Waals surface area contributed by atoms with Crippen LogP contribution >= 0.6 is 23.4 Å². The molecule has 174 valence electrons. The number of nitrogens with zero attached hydrogens (tertiary/aromatic N) is 1. The van der Waals surface area contributed by atoms with Gasteiger partial charge in [0.25, 0.3) is 0 Å². The van der Waals surface area contributed by atoms with Crippen LogP contribution in [0.5, 0.6) is 0 Å². The Labute approximate surface area is 197 Å². The van der Waals surface area contributed by atoms with Gasteiger partial charge in [0.2, 0.25) is 17.7 Å². The van der Waals surface area contributed by atoms with E-state index in [1.165, 1.54) is 4.90 Å². The van der Waals surface area contributed by atoms with E-state index in [9.17, 15) is 19.5 Å². The molecule has 6 atom stereocenters. The smallest absolute Gasteiger partial charge is 0.248 e. The molecule has 32 heavy (non-hydrogen) atoms. The number of halogens is 1. The first-order valence-electron chi connectivity index (χ1n) is 11.2. The van der Waals surface area contributed by atoms with Crippen LogP contribution in [-0.2, 0) is 14.4 Å². The van der Waals surface area contributed by atoms with Crippen LogP contribution in [0, 0.1) is 18.8 Å². The Morgan fingerprint density at radius 1 is 1.38 bits per heavy atom. The fourth-order valence-electron chi connectivity index (χ4n) is 5.60. The van der Waals surface area contributed by atoms with Crippen molar-refractivity contribution in [3.05, 3.63) is 28.8 Å². The first-order valence-corrected chi connectivity index (χ1v) is 12.5. The van der Waals surface area contributed by atoms with E-state index >= 15 is 0 Å². The minimum atomic E-state index is -0.781. The molecule has 7 nitrogen and oxygen atoms in total. The number of hydrogen-bond donors (Lipinski definition) is 3. The first kappa shape index (κ1) is 23.4. The number of benzene rings is 1. The lowest BCUT2D eigenvalue weighted by Gasteiger charge is -2.36. The van der Waals surface area contributed by atoms with E-state index < -0.39 is 28.7 Å². The molecule has 3 fully saturated rings. The van der Waals surface area contributed by atoms with Gasteiger partial charge in [-0.3, -0.25) is 14.4 Å². The van der Waals surface area contributed by atoms with E-state index in [1.807, 2.05) is 26.0 Å². The molecular weight excluding hydrogens is 450 g/mol. The zero-order valence-corrected chi connectivity index (χ0v) is 20.1. The summed E-state index contributed by atoms with van der Waals surface area (Å²) in [6, 6.07) is 4.07. The van der Waals surface area contributed by atoms with Gasteiger partial charge in [0.05, 0.1) is 39.9 Å². The van der Waals surface area contributed by atoms with Gasteiger partial charge in [-0.05, 0) is 44.7 Å². The van der Waals surface area contributed by atoms with Crippen molar-refractivity contribution < 1.29 is 19.5 Å². The maximum absolute atomic E-state index is 13.7. The zero-order valence-electron chi connectivity index (χ0n) is 18.6. The van der Waals surface area contributed by atoms with Gasteiger partial charge in [0.15, 0.2) is 0 Å². The Hall–Kier alpha value is -1.77. The average Bonchev–Trinajstić information content (AvgIpc) is 3.41. The quantitative estimate of drug-likeness (QED) is 0.558. The largest absolute Gasteiger partial charge is 0.394 e. The van der Waals surface area contributed by atoms with Crippen LogP contribution in [0.4, 0.5) is 5.69 Å². The van der Waals surface area contributed by atoms with Gasteiger partial charge < -0.3 is 20.6 Å². The summed E-state index contributed by atoms with van der Waals surface area (Å²) in [6.07, 6.45) is 2.29. The van der Waals surface area contributed by atoms with E-state index in [0.717, 1.165) is 18.4 Å². The van der Waals surface area contributed by atoms with Crippen molar-refractivity contribution in [2.24, 2.45) is 11.8 Å². The maximum Gasteiger partial charge on any atom is 0.248 e. The summed E-state index contributed by atoms with van der Waals surface area (Å²) in [5, 5.41) is 16.2. The molecule has 3 saturated heterocycles. The van der Waals surface area contributed by atoms with Crippen molar-refractivity contribution in [2.75, 3.05) is 18.5 Å². The number of aryl methyl sites for hydroxylation is 1. The van der Waals surface area contributed by atoms with Gasteiger partial charge in [-0.1, -0.05) is 30.7 Å². The molecular formula is C23H30ClN3O4S. The lowest BCUT2D eigenvalue weighted by atomic mass is 9.70. The SMILES string of the molecule is CCCNC(=O)[C@@H]1[C@H]2C(=O)N([C@H](C)CO)C(C(=O)Nc3c(C)cccc3Cl)C23CC[C@H]1S3. The minimum absolute atomic E-state index is 0.0183. The van der Waals surface area contributed by atoms with Gasteiger partial charge in [-0.15, -0.1) is 11.8 Å². The van der Waals surface area contributed by atoms with E-state index in [2.05, 4.69) is 10.6 Å². The van der Waals surface area contributed by atoms with Gasteiger partial charge >= 0.3 is 0 Å². The molecule has 3 amide bonds. The van der Waals surface area contributed by atoms with Crippen molar-refractivity contribution in [1.29, 1.82) is 0 Å². The summed E-state index contributed by atoms with van der Waals surface area (Å²) in [5.41, 5.74) is 1.35. The van der Waals surface area contributed by atoms with Crippen molar-refractivity contribution in [3.8, 4) is 0 Å². The standard InChI is InChI=1S/C23H30ClN3O4S/c1-4-10-25-20(29)16-15-8-9-23(32-15)17(16)22(31)27(13(3)11-28)19(23)21(30)26-18-12(2)6-5-7-14(18)24/h5-7,13,15-17,19,28H,4,8-11H2,1-3H3,(H,25,29)(H,26,30)/t13-,15-,16+,17+,19?,23?/m1/s1. The molecule has 0 aliphatic carbocycles. The molecule has 9 heteroatoms. The number of aliphatic hydroxyl groups is 1. The van der Waals surface area contributed by atoms with Crippen molar-refractivity contribution in [2.45, 2.75) is 62.1 Å². The second-order valence-corrected chi connectivity index (χ2v) is 11.1. The second-order valence-electron chi connectivity index (χ2n) is 9.05. The van der Waals surface area contributed by atoms with Crippen LogP contribution in [0.1, 0.15) is 38.7 Å². The molecule has 3 aliphatic heterocycles. The highest BCUT2D eigenvalue weighted by Crippen LogP contribution is 2.66. The van der Waals surface area contributed by atoms with Crippen molar-refractivity contribution >= 4 is 46.8 Å². The second kappa shape index (κ2) is 8.88. The van der Waals surface area contributed by atoms with Crippen LogP contribution in [0.3, 0.4) is 0 Å². The molecule has 3 aliphatic rings. The number of thioether (sulfide) groups is 1. The molecule has 1 spiro atoms. The topological polar surface area (TPSA) is 98.7 Å². The number of carbonyl (C=O) groups excluding carboxylic acids is 3. The molecule has 4 rings (SSSR count). The Morgan fingerprint density at radius 3 is 2.78 bits per heavy atom. The number of anilines is 1. The van der Waals surface area contributed by atoms with E-state index in [0.29, 0.717) is 23.7 Å². The van der Waals surface area contributed by atoms with Crippen molar-refractivity contribution in [1.82, 2.24) is 10.2 Å². The van der Waals surface area contributed by atoms with Crippen molar-refractivity contribution in [3.63, 3.8) is 0 Å². The Bertz CT molecular complexity index is 924. The number of amides is 3. The first-order chi connectivity index (χ1) is 15.3. The molecule has 3 N–H and O–H groups in total. The van der Waals surface area contributed by atoms with Crippen LogP contribution in [0.25, 0.3) is 0 Å². The number of carbonyl (C=O) groups is 3. The predicted octanol–water partition coefficient (Wildman–Crippen LogP) is 2.59. The molecule has 1 aromatic carbocycles. The monoisotopic (exact) mass is 479 g/mol. The van der Waals surface area contributed by atoms with E-state index in [-0.39, 0.29) is 29.6 Å². The van der Waals surface area contributed by atoms with Gasteiger partial charge in [0, 0.05) is 11.8 Å². The normalized spacial score (nSPS) is 31.5. The molecule has 0 aromatic heterocycles. The summed E-state index contributed by atoms with van der Waals surface area (Å²) in [4.78, 5) is 41.9. The summed E-state index contributed by atoms with van der Waals surface area (Å²) in [7, 11) is 0. The number of rotatable bonds is 7. The third-order valence-electron chi connectivity index (χ3n) is 7.05. The highest BCUT2D eigenvalue weighted by Gasteiger charge is 2.74. The molecule has 3 heterocycles. The molecule has 1 aromatic rings. The highest BCUT2D eigenvalue weighted by atomic mass is 35.5. The molecule has 0 radical (unpaired) electrons. The molecule has 2 unspecified atom stereocenters. The van der Waals surface area contributed by atoms with Crippen LogP contribution in [-0.4, -0.2) is 63.0 Å². The fraction of sp³-hybridized carbons (Fsp3) is 0.609. The molecule has 0 saturated carbocycles. The lowest BCUT2D eigenvalue weighted by Crippen LogP contribution is -2.54. The summed E-state index contributed by atoms with van der Waals surface area (Å²) >= 11 is 7.95. The van der Waals surface area contributed by atoms with Crippen LogP contribution in [0.2, 0.25) is 5.02 Å². The summed E-state index contributed by atoms with van der Waals surface area (Å²) < 4.78 is -0.682. The number of para-hydroxylation sites is 1. The average molecular weight is 480 g/mol. The predicted molar refractivity (Wildman–Crippen MR) is 126 cm³/mol. The zero-order chi connectivity index (χ0) is 23.2. The summed E-state index contributed by atoms with van der Waals surface area (Å²) in [6.45, 7) is 5.89. The highest BCUT2D eigenvalue weighted by molar-refractivity contribution is 8.02. The van der Waals surface area contributed by atoms with Gasteiger partial charge in [-0.2, -0.15) is 0 Å². The lowest BCUT2D eigenvalue weighted by molar-refractivity contribution is -0.141. The minimum Gasteiger partial charge on any atom is -0.394 e. The maximum atomic E-state index is 13.7. The van der Waals surface area contributed by atoms with Gasteiger partial charge in [-0.25, -0.2) is 0 Å². The third-order valence-corrected chi connectivity index (χ3v) is 9.31. The number of aliphatic hydroxyl groups excluding tert-OH is 1. The van der Waals surface area contributed by atoms with Crippen LogP contribution < -0.4 is 10.6 Å². The van der Waals surface area contributed by atoms with Gasteiger partial charge in [0.1, 0.15) is 6.04 Å². The van der Waals surface area contributed by atoms with E-state index in [4.69, 9.17) is 11.6 Å².